The molecular formula is C30H24ClN3O5. The number of non-ortho nitro benzene ring substituents is 1. The fourth-order valence-corrected chi connectivity index (χ4v) is 5.00. The Kier molecular flexibility index (Phi) is 7.56. The first kappa shape index (κ1) is 25.9. The monoisotopic (exact) mass is 541 g/mol. The third-order valence-electron chi connectivity index (χ3n) is 6.66. The molecule has 0 spiro atoms. The molecule has 196 valence electrons. The number of benzene rings is 4. The quantitative estimate of drug-likeness (QED) is 0.200. The molecule has 4 aromatic rings. The van der Waals surface area contributed by atoms with Gasteiger partial charge in [-0.25, -0.2) is 4.79 Å². The van der Waals surface area contributed by atoms with Crippen LogP contribution in [0.4, 0.5) is 16.2 Å². The number of alkyl carbamates (subject to hydrolysis) is 1. The molecule has 8 nitrogen and oxygen atoms in total. The Bertz CT molecular complexity index is 1500. The maximum atomic E-state index is 13.2. The van der Waals surface area contributed by atoms with Gasteiger partial charge in [-0.2, -0.15) is 0 Å². The van der Waals surface area contributed by atoms with Crippen molar-refractivity contribution in [2.24, 2.45) is 0 Å². The van der Waals surface area contributed by atoms with Gasteiger partial charge in [-0.15, -0.1) is 0 Å². The number of halogens is 1. The number of carbonyl (C=O) groups is 2. The molecular weight excluding hydrogens is 518 g/mol. The second-order valence-corrected chi connectivity index (χ2v) is 9.53. The van der Waals surface area contributed by atoms with Gasteiger partial charge in [0.15, 0.2) is 0 Å². The number of amides is 2. The third kappa shape index (κ3) is 5.76. The van der Waals surface area contributed by atoms with Crippen molar-refractivity contribution in [1.82, 2.24) is 5.32 Å². The summed E-state index contributed by atoms with van der Waals surface area (Å²) in [6.45, 7) is 0.105. The molecule has 1 atom stereocenters. The van der Waals surface area contributed by atoms with Crippen molar-refractivity contribution in [1.29, 1.82) is 0 Å². The Balaban J connectivity index is 1.30. The molecule has 0 radical (unpaired) electrons. The maximum Gasteiger partial charge on any atom is 0.407 e. The van der Waals surface area contributed by atoms with E-state index in [1.54, 1.807) is 0 Å². The van der Waals surface area contributed by atoms with Gasteiger partial charge in [0.05, 0.1) is 15.6 Å². The number of nitro benzene ring substituents is 1. The normalized spacial score (nSPS) is 12.6. The average molecular weight is 542 g/mol. The number of rotatable bonds is 8. The first-order valence-electron chi connectivity index (χ1n) is 12.3. The van der Waals surface area contributed by atoms with Crippen LogP contribution in [0.1, 0.15) is 22.6 Å². The fraction of sp³-hybridized carbons (Fsp3) is 0.133. The van der Waals surface area contributed by atoms with Crippen LogP contribution in [0.25, 0.3) is 11.1 Å². The summed E-state index contributed by atoms with van der Waals surface area (Å²) in [6, 6.07) is 28.0. The van der Waals surface area contributed by atoms with Crippen LogP contribution in [0.3, 0.4) is 0 Å². The summed E-state index contributed by atoms with van der Waals surface area (Å²) in [5, 5.41) is 16.4. The SMILES string of the molecule is O=C(N[C@@H](Cc1ccccc1)C(=O)Nc1ccc([N+](=O)[O-])cc1Cl)OCC1c2ccccc2-c2ccccc21. The van der Waals surface area contributed by atoms with Gasteiger partial charge < -0.3 is 15.4 Å². The molecule has 1 aliphatic carbocycles. The zero-order valence-corrected chi connectivity index (χ0v) is 21.4. The van der Waals surface area contributed by atoms with E-state index in [-0.39, 0.29) is 35.3 Å². The summed E-state index contributed by atoms with van der Waals surface area (Å²) in [7, 11) is 0. The Morgan fingerprint density at radius 1 is 0.897 bits per heavy atom. The lowest BCUT2D eigenvalue weighted by molar-refractivity contribution is -0.384. The second kappa shape index (κ2) is 11.4. The molecule has 4 aromatic carbocycles. The predicted octanol–water partition coefficient (Wildman–Crippen LogP) is 6.34. The summed E-state index contributed by atoms with van der Waals surface area (Å²) in [5.41, 5.74) is 5.21. The van der Waals surface area contributed by atoms with Gasteiger partial charge in [0.1, 0.15) is 12.6 Å². The highest BCUT2D eigenvalue weighted by Crippen LogP contribution is 2.44. The maximum absolute atomic E-state index is 13.2. The minimum atomic E-state index is -0.991. The average Bonchev–Trinajstić information content (AvgIpc) is 3.26. The Morgan fingerprint density at radius 2 is 1.51 bits per heavy atom. The third-order valence-corrected chi connectivity index (χ3v) is 6.97. The topological polar surface area (TPSA) is 111 Å². The predicted molar refractivity (Wildman–Crippen MR) is 149 cm³/mol. The zero-order valence-electron chi connectivity index (χ0n) is 20.7. The van der Waals surface area contributed by atoms with Crippen LogP contribution >= 0.6 is 11.6 Å². The van der Waals surface area contributed by atoms with Crippen LogP contribution in [0.15, 0.2) is 97.1 Å². The molecule has 1 aliphatic rings. The minimum absolute atomic E-state index is 0.0113. The van der Waals surface area contributed by atoms with E-state index in [0.717, 1.165) is 33.9 Å². The van der Waals surface area contributed by atoms with E-state index in [1.807, 2.05) is 66.7 Å². The summed E-state index contributed by atoms with van der Waals surface area (Å²) >= 11 is 6.16. The highest BCUT2D eigenvalue weighted by atomic mass is 35.5. The molecule has 5 rings (SSSR count). The molecule has 2 N–H and O–H groups in total. The van der Waals surface area contributed by atoms with Crippen molar-refractivity contribution >= 4 is 35.0 Å². The molecule has 0 heterocycles. The molecule has 0 unspecified atom stereocenters. The van der Waals surface area contributed by atoms with Crippen LogP contribution in [0.2, 0.25) is 5.02 Å². The van der Waals surface area contributed by atoms with E-state index in [9.17, 15) is 19.7 Å². The van der Waals surface area contributed by atoms with E-state index in [0.29, 0.717) is 0 Å². The number of fused-ring (bicyclic) bond motifs is 3. The number of nitrogens with one attached hydrogen (secondary N) is 2. The van der Waals surface area contributed by atoms with Crippen LogP contribution in [-0.2, 0) is 16.0 Å². The van der Waals surface area contributed by atoms with Crippen molar-refractivity contribution in [2.75, 3.05) is 11.9 Å². The number of hydrogen-bond donors (Lipinski definition) is 2. The Hall–Kier alpha value is -4.69. The molecule has 0 aliphatic heterocycles. The molecule has 0 fully saturated rings. The molecule has 9 heteroatoms. The smallest absolute Gasteiger partial charge is 0.407 e. The standard InChI is InChI=1S/C30H24ClN3O5/c31-26-17-20(34(37)38)14-15-27(26)32-29(35)28(16-19-8-2-1-3-9-19)33-30(36)39-18-25-23-12-6-4-10-21(23)22-11-5-7-13-24(22)25/h1-15,17,25,28H,16,18H2,(H,32,35)(H,33,36)/t28-/m0/s1. The van der Waals surface area contributed by atoms with Crippen LogP contribution in [0.5, 0.6) is 0 Å². The number of nitro groups is 1. The molecule has 2 amide bonds. The van der Waals surface area contributed by atoms with E-state index in [2.05, 4.69) is 22.8 Å². The van der Waals surface area contributed by atoms with Crippen molar-refractivity contribution in [3.05, 3.63) is 129 Å². The number of nitrogens with zero attached hydrogens (tertiary/aromatic N) is 1. The molecule has 0 bridgehead atoms. The van der Waals surface area contributed by atoms with E-state index < -0.39 is 23.0 Å². The van der Waals surface area contributed by atoms with Gasteiger partial charge in [-0.3, -0.25) is 14.9 Å². The van der Waals surface area contributed by atoms with Crippen molar-refractivity contribution in [3.8, 4) is 11.1 Å². The fourth-order valence-electron chi connectivity index (χ4n) is 4.78. The molecule has 0 saturated heterocycles. The lowest BCUT2D eigenvalue weighted by atomic mass is 9.98. The molecule has 0 aromatic heterocycles. The molecule has 39 heavy (non-hydrogen) atoms. The van der Waals surface area contributed by atoms with Gasteiger partial charge in [0, 0.05) is 24.5 Å². The number of ether oxygens (including phenoxy) is 1. The second-order valence-electron chi connectivity index (χ2n) is 9.12. The Labute approximate surface area is 229 Å². The number of anilines is 1. The lowest BCUT2D eigenvalue weighted by Crippen LogP contribution is -2.45. The number of carbonyl (C=O) groups excluding carboxylic acids is 2. The lowest BCUT2D eigenvalue weighted by Gasteiger charge is -2.20. The van der Waals surface area contributed by atoms with Crippen molar-refractivity contribution in [2.45, 2.75) is 18.4 Å². The van der Waals surface area contributed by atoms with E-state index in [1.165, 1.54) is 12.1 Å². The first-order chi connectivity index (χ1) is 18.9. The van der Waals surface area contributed by atoms with Crippen LogP contribution in [0, 0.1) is 10.1 Å². The summed E-state index contributed by atoms with van der Waals surface area (Å²) in [4.78, 5) is 36.6. The van der Waals surface area contributed by atoms with Gasteiger partial charge in [0.2, 0.25) is 5.91 Å². The highest BCUT2D eigenvalue weighted by molar-refractivity contribution is 6.34. The summed E-state index contributed by atoms with van der Waals surface area (Å²) in [6.07, 6.45) is -0.538. The van der Waals surface area contributed by atoms with Crippen LogP contribution < -0.4 is 10.6 Å². The Morgan fingerprint density at radius 3 is 2.13 bits per heavy atom. The van der Waals surface area contributed by atoms with E-state index in [4.69, 9.17) is 16.3 Å². The first-order valence-corrected chi connectivity index (χ1v) is 12.7. The van der Waals surface area contributed by atoms with Crippen molar-refractivity contribution in [3.63, 3.8) is 0 Å². The van der Waals surface area contributed by atoms with Gasteiger partial charge in [-0.05, 0) is 33.9 Å². The van der Waals surface area contributed by atoms with Gasteiger partial charge in [-0.1, -0.05) is 90.5 Å². The zero-order chi connectivity index (χ0) is 27.4. The van der Waals surface area contributed by atoms with Crippen molar-refractivity contribution < 1.29 is 19.2 Å². The van der Waals surface area contributed by atoms with E-state index >= 15 is 0 Å². The largest absolute Gasteiger partial charge is 0.449 e. The van der Waals surface area contributed by atoms with Gasteiger partial charge >= 0.3 is 6.09 Å². The van der Waals surface area contributed by atoms with Crippen LogP contribution in [-0.4, -0.2) is 29.6 Å². The molecule has 0 saturated carbocycles. The summed E-state index contributed by atoms with van der Waals surface area (Å²) in [5.74, 6) is -0.661. The summed E-state index contributed by atoms with van der Waals surface area (Å²) < 4.78 is 5.64. The number of hydrogen-bond acceptors (Lipinski definition) is 5. The van der Waals surface area contributed by atoms with Gasteiger partial charge in [0.25, 0.3) is 5.69 Å². The minimum Gasteiger partial charge on any atom is -0.449 e. The highest BCUT2D eigenvalue weighted by Gasteiger charge is 2.30.